The van der Waals surface area contributed by atoms with Crippen LogP contribution in [0.4, 0.5) is 0 Å². The molecule has 0 aliphatic carbocycles. The minimum absolute atomic E-state index is 0.154. The molecule has 0 N–H and O–H groups in total. The van der Waals surface area contributed by atoms with Gasteiger partial charge in [-0.3, -0.25) is 0 Å². The van der Waals surface area contributed by atoms with E-state index in [9.17, 15) is 5.11 Å². The van der Waals surface area contributed by atoms with E-state index in [2.05, 4.69) is 0 Å². The van der Waals surface area contributed by atoms with Gasteiger partial charge in [-0.25, -0.2) is 0 Å². The third-order valence-corrected chi connectivity index (χ3v) is 4.95. The molecule has 1 saturated heterocycles. The Morgan fingerprint density at radius 1 is 1.18 bits per heavy atom. The third-order valence-electron chi connectivity index (χ3n) is 2.80. The summed E-state index contributed by atoms with van der Waals surface area (Å²) in [6.07, 6.45) is 3.83. The number of rotatable bonds is 4. The van der Waals surface area contributed by atoms with Crippen LogP contribution in [0.1, 0.15) is 24.8 Å². The summed E-state index contributed by atoms with van der Waals surface area (Å²) in [6.45, 7) is 0.382. The van der Waals surface area contributed by atoms with E-state index in [-0.39, 0.29) is 16.8 Å². The Morgan fingerprint density at radius 2 is 1.88 bits per heavy atom. The molecule has 0 atom stereocenters. The van der Waals surface area contributed by atoms with Gasteiger partial charge in [0.05, 0.1) is 0 Å². The molecule has 92 valence electrons. The molecule has 0 aromatic heterocycles. The van der Waals surface area contributed by atoms with E-state index in [0.29, 0.717) is 6.61 Å². The zero-order valence-electron chi connectivity index (χ0n) is 9.93. The maximum Gasteiger partial charge on any atom is 0.141 e. The predicted octanol–water partition coefficient (Wildman–Crippen LogP) is 2.16. The van der Waals surface area contributed by atoms with Crippen LogP contribution in [0, 0.1) is 0 Å². The van der Waals surface area contributed by atoms with E-state index in [1.165, 1.54) is 30.8 Å². The summed E-state index contributed by atoms with van der Waals surface area (Å²) >= 11 is 0. The second-order valence-corrected chi connectivity index (χ2v) is 6.34. The Kier molecular flexibility index (Phi) is 4.80. The Balaban J connectivity index is 1.80. The number of benzene rings is 1. The molecule has 1 aromatic rings. The fraction of sp³-hybridized carbons (Fsp3) is 0.429. The van der Waals surface area contributed by atoms with Crippen molar-refractivity contribution < 1.29 is 9.84 Å². The largest absolute Gasteiger partial charge is 0.606 e. The van der Waals surface area contributed by atoms with Crippen molar-refractivity contribution in [2.24, 2.45) is 0 Å². The quantitative estimate of drug-likeness (QED) is 0.606. The van der Waals surface area contributed by atoms with Crippen molar-refractivity contribution in [2.45, 2.75) is 25.9 Å². The lowest BCUT2D eigenvalue weighted by Gasteiger charge is -2.16. The first-order valence-corrected chi connectivity index (χ1v) is 7.69. The molecular weight excluding hydrogens is 232 g/mol. The SMILES string of the molecule is [O-]/C(=C/[S+]1CCCCC1)OCc1ccccc1. The molecule has 2 rings (SSSR count). The van der Waals surface area contributed by atoms with Crippen molar-refractivity contribution in [1.29, 1.82) is 0 Å². The van der Waals surface area contributed by atoms with Gasteiger partial charge in [-0.2, -0.15) is 0 Å². The standard InChI is InChI=1S/C14H18O2S/c15-14(12-17-9-5-2-6-10-17)16-11-13-7-3-1-4-8-13/h1,3-4,7-8,12H,2,5-6,9-11H2/b14-12-. The minimum atomic E-state index is -0.154. The van der Waals surface area contributed by atoms with E-state index < -0.39 is 0 Å². The Morgan fingerprint density at radius 3 is 2.59 bits per heavy atom. The van der Waals surface area contributed by atoms with Gasteiger partial charge in [-0.1, -0.05) is 30.3 Å². The van der Waals surface area contributed by atoms with Gasteiger partial charge in [0, 0.05) is 17.5 Å². The van der Waals surface area contributed by atoms with Crippen molar-refractivity contribution >= 4 is 10.9 Å². The summed E-state index contributed by atoms with van der Waals surface area (Å²) in [5, 5.41) is 13.4. The van der Waals surface area contributed by atoms with Crippen LogP contribution in [0.5, 0.6) is 0 Å². The van der Waals surface area contributed by atoms with E-state index in [1.54, 1.807) is 5.41 Å². The zero-order chi connectivity index (χ0) is 11.9. The topological polar surface area (TPSA) is 32.3 Å². The smallest absolute Gasteiger partial charge is 0.141 e. The molecule has 3 heteroatoms. The first kappa shape index (κ1) is 12.4. The van der Waals surface area contributed by atoms with E-state index in [0.717, 1.165) is 5.56 Å². The Labute approximate surface area is 106 Å². The normalized spacial score (nSPS) is 18.0. The summed E-state index contributed by atoms with van der Waals surface area (Å²) in [5.74, 6) is 2.18. The fourth-order valence-electron chi connectivity index (χ4n) is 1.87. The zero-order valence-corrected chi connectivity index (χ0v) is 10.7. The summed E-state index contributed by atoms with van der Waals surface area (Å²) in [4.78, 5) is 0. The highest BCUT2D eigenvalue weighted by molar-refractivity contribution is 7.99. The van der Waals surface area contributed by atoms with Gasteiger partial charge >= 0.3 is 0 Å². The van der Waals surface area contributed by atoms with Gasteiger partial charge in [0.25, 0.3) is 0 Å². The van der Waals surface area contributed by atoms with Crippen LogP contribution in [0.3, 0.4) is 0 Å². The Bertz CT molecular complexity index is 356. The van der Waals surface area contributed by atoms with Crippen molar-refractivity contribution in [3.8, 4) is 0 Å². The van der Waals surface area contributed by atoms with Gasteiger partial charge in [-0.15, -0.1) is 0 Å². The second kappa shape index (κ2) is 6.60. The second-order valence-electron chi connectivity index (χ2n) is 4.22. The van der Waals surface area contributed by atoms with Crippen LogP contribution in [0.15, 0.2) is 41.7 Å². The van der Waals surface area contributed by atoms with E-state index in [4.69, 9.17) is 4.74 Å². The molecule has 1 heterocycles. The van der Waals surface area contributed by atoms with Crippen molar-refractivity contribution in [3.63, 3.8) is 0 Å². The average Bonchev–Trinajstić information content (AvgIpc) is 2.39. The lowest BCUT2D eigenvalue weighted by atomic mass is 10.2. The molecule has 0 unspecified atom stereocenters. The van der Waals surface area contributed by atoms with Crippen LogP contribution < -0.4 is 5.11 Å². The van der Waals surface area contributed by atoms with Crippen molar-refractivity contribution in [1.82, 2.24) is 0 Å². The van der Waals surface area contributed by atoms with E-state index in [1.807, 2.05) is 30.3 Å². The van der Waals surface area contributed by atoms with Gasteiger partial charge < -0.3 is 9.84 Å². The molecule has 0 radical (unpaired) electrons. The highest BCUT2D eigenvalue weighted by atomic mass is 32.2. The molecule has 17 heavy (non-hydrogen) atoms. The summed E-state index contributed by atoms with van der Waals surface area (Å²) in [5.41, 5.74) is 1.04. The van der Waals surface area contributed by atoms with Gasteiger partial charge in [0.15, 0.2) is 0 Å². The maximum atomic E-state index is 11.6. The highest BCUT2D eigenvalue weighted by Gasteiger charge is 2.19. The van der Waals surface area contributed by atoms with Crippen LogP contribution in [0.25, 0.3) is 0 Å². The molecule has 0 saturated carbocycles. The van der Waals surface area contributed by atoms with Crippen LogP contribution in [0.2, 0.25) is 0 Å². The van der Waals surface area contributed by atoms with Crippen LogP contribution in [-0.4, -0.2) is 11.5 Å². The van der Waals surface area contributed by atoms with Crippen molar-refractivity contribution in [2.75, 3.05) is 11.5 Å². The molecular formula is C14H18O2S. The third kappa shape index (κ3) is 4.35. The number of hydrogen-bond donors (Lipinski definition) is 0. The van der Waals surface area contributed by atoms with Crippen LogP contribution in [-0.2, 0) is 22.2 Å². The molecule has 2 nitrogen and oxygen atoms in total. The first-order valence-electron chi connectivity index (χ1n) is 6.06. The van der Waals surface area contributed by atoms with Crippen LogP contribution >= 0.6 is 0 Å². The predicted molar refractivity (Wildman–Crippen MR) is 70.3 cm³/mol. The molecule has 1 fully saturated rings. The number of ether oxygens (including phenoxy) is 1. The summed E-state index contributed by atoms with van der Waals surface area (Å²) in [6, 6.07) is 9.80. The Hall–Kier alpha value is -1.09. The van der Waals surface area contributed by atoms with Gasteiger partial charge in [-0.05, 0) is 24.8 Å². The number of hydrogen-bond acceptors (Lipinski definition) is 2. The summed E-state index contributed by atoms with van der Waals surface area (Å²) < 4.78 is 5.24. The molecule has 0 spiro atoms. The van der Waals surface area contributed by atoms with Gasteiger partial charge in [0.2, 0.25) is 0 Å². The van der Waals surface area contributed by atoms with Crippen molar-refractivity contribution in [3.05, 3.63) is 47.2 Å². The monoisotopic (exact) mass is 250 g/mol. The fourth-order valence-corrected chi connectivity index (χ4v) is 3.80. The van der Waals surface area contributed by atoms with E-state index >= 15 is 0 Å². The maximum absolute atomic E-state index is 11.6. The average molecular weight is 250 g/mol. The highest BCUT2D eigenvalue weighted by Crippen LogP contribution is 2.15. The first-order chi connectivity index (χ1) is 8.34. The minimum Gasteiger partial charge on any atom is -0.606 e. The van der Waals surface area contributed by atoms with Gasteiger partial charge in [0.1, 0.15) is 22.9 Å². The molecule has 1 aliphatic heterocycles. The summed E-state index contributed by atoms with van der Waals surface area (Å²) in [7, 11) is 0.168. The molecule has 0 bridgehead atoms. The molecule has 0 amide bonds. The lowest BCUT2D eigenvalue weighted by Crippen LogP contribution is -2.18. The molecule has 1 aromatic carbocycles. The lowest BCUT2D eigenvalue weighted by molar-refractivity contribution is -0.358. The molecule has 1 aliphatic rings.